The average Bonchev–Trinajstić information content (AvgIpc) is 2.08. The second-order valence-corrected chi connectivity index (χ2v) is 5.34. The average molecular weight is 222 g/mol. The fraction of sp³-hybridized carbons (Fsp3) is 0.875. The molecule has 0 heterocycles. The van der Waals surface area contributed by atoms with Crippen molar-refractivity contribution in [2.24, 2.45) is 0 Å². The Balaban J connectivity index is 3.47. The number of hydrogen-bond acceptors (Lipinski definition) is 4. The van der Waals surface area contributed by atoms with E-state index in [-0.39, 0.29) is 18.1 Å². The van der Waals surface area contributed by atoms with Crippen LogP contribution in [0.5, 0.6) is 0 Å². The van der Waals surface area contributed by atoms with Crippen LogP contribution in [-0.2, 0) is 14.6 Å². The van der Waals surface area contributed by atoms with Crippen molar-refractivity contribution in [3.63, 3.8) is 0 Å². The summed E-state index contributed by atoms with van der Waals surface area (Å²) in [5.41, 5.74) is 0. The molecular weight excluding hydrogens is 204 g/mol. The van der Waals surface area contributed by atoms with E-state index in [0.29, 0.717) is 13.1 Å². The summed E-state index contributed by atoms with van der Waals surface area (Å²) < 4.78 is 21.4. The smallest absolute Gasteiger partial charge is 0.221 e. The summed E-state index contributed by atoms with van der Waals surface area (Å²) in [5.74, 6) is -0.298. The molecule has 0 rings (SSSR count). The Labute approximate surface area is 85.2 Å². The molecule has 0 aliphatic heterocycles. The standard InChI is InChI=1S/C8H18N2O3S/c1-3-9-5-6-10-8(11)4-7-14(2,12)13/h9H,3-7H2,1-2H3,(H,10,11). The zero-order chi connectivity index (χ0) is 11.0. The molecular formula is C8H18N2O3S. The second-order valence-electron chi connectivity index (χ2n) is 3.08. The summed E-state index contributed by atoms with van der Waals surface area (Å²) >= 11 is 0. The predicted molar refractivity (Wildman–Crippen MR) is 55.9 cm³/mol. The molecule has 0 aliphatic carbocycles. The maximum atomic E-state index is 11.0. The van der Waals surface area contributed by atoms with E-state index in [1.54, 1.807) is 0 Å². The van der Waals surface area contributed by atoms with Crippen LogP contribution in [0.1, 0.15) is 13.3 Å². The van der Waals surface area contributed by atoms with Gasteiger partial charge in [0.05, 0.1) is 5.75 Å². The van der Waals surface area contributed by atoms with Crippen LogP contribution in [-0.4, -0.2) is 46.0 Å². The molecule has 5 nitrogen and oxygen atoms in total. The highest BCUT2D eigenvalue weighted by molar-refractivity contribution is 7.90. The molecule has 0 fully saturated rings. The Hall–Kier alpha value is -0.620. The molecule has 0 bridgehead atoms. The van der Waals surface area contributed by atoms with Gasteiger partial charge in [-0.15, -0.1) is 0 Å². The van der Waals surface area contributed by atoms with Crippen molar-refractivity contribution in [1.82, 2.24) is 10.6 Å². The van der Waals surface area contributed by atoms with Crippen molar-refractivity contribution < 1.29 is 13.2 Å². The number of sulfone groups is 1. The zero-order valence-electron chi connectivity index (χ0n) is 8.67. The van der Waals surface area contributed by atoms with Crippen molar-refractivity contribution in [3.8, 4) is 0 Å². The van der Waals surface area contributed by atoms with E-state index >= 15 is 0 Å². The van der Waals surface area contributed by atoms with Gasteiger partial charge in [-0.25, -0.2) is 8.42 Å². The number of rotatable bonds is 7. The number of nitrogens with one attached hydrogen (secondary N) is 2. The highest BCUT2D eigenvalue weighted by atomic mass is 32.2. The van der Waals surface area contributed by atoms with E-state index < -0.39 is 9.84 Å². The van der Waals surface area contributed by atoms with Crippen molar-refractivity contribution in [2.75, 3.05) is 31.6 Å². The molecule has 6 heteroatoms. The molecule has 0 saturated carbocycles. The quantitative estimate of drug-likeness (QED) is 0.550. The number of carbonyl (C=O) groups is 1. The minimum absolute atomic E-state index is 0.0466. The molecule has 14 heavy (non-hydrogen) atoms. The lowest BCUT2D eigenvalue weighted by Crippen LogP contribution is -2.32. The lowest BCUT2D eigenvalue weighted by Gasteiger charge is -2.04. The molecule has 0 aromatic carbocycles. The fourth-order valence-electron chi connectivity index (χ4n) is 0.834. The first-order valence-corrected chi connectivity index (χ1v) is 6.67. The van der Waals surface area contributed by atoms with E-state index in [0.717, 1.165) is 12.8 Å². The maximum absolute atomic E-state index is 11.0. The first kappa shape index (κ1) is 13.4. The SMILES string of the molecule is CCNCCNC(=O)CCS(C)(=O)=O. The first-order chi connectivity index (χ1) is 6.45. The Bertz CT molecular complexity index is 262. The molecule has 2 N–H and O–H groups in total. The first-order valence-electron chi connectivity index (χ1n) is 4.61. The summed E-state index contributed by atoms with van der Waals surface area (Å²) in [5, 5.41) is 5.67. The zero-order valence-corrected chi connectivity index (χ0v) is 9.49. The number of hydrogen-bond donors (Lipinski definition) is 2. The van der Waals surface area contributed by atoms with E-state index in [1.165, 1.54) is 0 Å². The highest BCUT2D eigenvalue weighted by Gasteiger charge is 2.06. The van der Waals surface area contributed by atoms with Gasteiger partial charge in [0.25, 0.3) is 0 Å². The third-order valence-electron chi connectivity index (χ3n) is 1.57. The van der Waals surface area contributed by atoms with Crippen LogP contribution in [0.4, 0.5) is 0 Å². The maximum Gasteiger partial charge on any atom is 0.221 e. The van der Waals surface area contributed by atoms with E-state index in [2.05, 4.69) is 10.6 Å². The van der Waals surface area contributed by atoms with Gasteiger partial charge in [0, 0.05) is 25.8 Å². The largest absolute Gasteiger partial charge is 0.355 e. The van der Waals surface area contributed by atoms with Crippen molar-refractivity contribution in [1.29, 1.82) is 0 Å². The fourth-order valence-corrected chi connectivity index (χ4v) is 1.39. The number of carbonyl (C=O) groups excluding carboxylic acids is 1. The Morgan fingerprint density at radius 3 is 2.43 bits per heavy atom. The lowest BCUT2D eigenvalue weighted by molar-refractivity contribution is -0.120. The van der Waals surface area contributed by atoms with Gasteiger partial charge < -0.3 is 10.6 Å². The molecule has 84 valence electrons. The van der Waals surface area contributed by atoms with Crippen LogP contribution in [0.15, 0.2) is 0 Å². The van der Waals surface area contributed by atoms with Crippen molar-refractivity contribution >= 4 is 15.7 Å². The van der Waals surface area contributed by atoms with Gasteiger partial charge in [-0.1, -0.05) is 6.92 Å². The molecule has 0 saturated heterocycles. The van der Waals surface area contributed by atoms with Gasteiger partial charge in [-0.2, -0.15) is 0 Å². The minimum atomic E-state index is -3.03. The molecule has 0 atom stereocenters. The molecule has 0 radical (unpaired) electrons. The summed E-state index contributed by atoms with van der Waals surface area (Å²) in [6, 6.07) is 0. The molecule has 0 aliphatic rings. The van der Waals surface area contributed by atoms with Crippen LogP contribution in [0, 0.1) is 0 Å². The summed E-state index contributed by atoms with van der Waals surface area (Å²) in [6.07, 6.45) is 1.17. The third kappa shape index (κ3) is 9.47. The Kier molecular flexibility index (Phi) is 6.48. The normalized spacial score (nSPS) is 11.3. The van der Waals surface area contributed by atoms with Crippen LogP contribution < -0.4 is 10.6 Å². The van der Waals surface area contributed by atoms with Gasteiger partial charge in [-0.3, -0.25) is 4.79 Å². The summed E-state index contributed by atoms with van der Waals surface area (Å²) in [6.45, 7) is 4.09. The molecule has 0 spiro atoms. The second kappa shape index (κ2) is 6.78. The van der Waals surface area contributed by atoms with Gasteiger partial charge in [0.1, 0.15) is 9.84 Å². The van der Waals surface area contributed by atoms with Gasteiger partial charge in [0.2, 0.25) is 5.91 Å². The van der Waals surface area contributed by atoms with Crippen molar-refractivity contribution in [2.45, 2.75) is 13.3 Å². The summed E-state index contributed by atoms with van der Waals surface area (Å²) in [7, 11) is -3.03. The predicted octanol–water partition coefficient (Wildman–Crippen LogP) is -0.853. The molecule has 0 aromatic heterocycles. The lowest BCUT2D eigenvalue weighted by atomic mass is 10.4. The topological polar surface area (TPSA) is 75.3 Å². The van der Waals surface area contributed by atoms with Crippen LogP contribution in [0.25, 0.3) is 0 Å². The van der Waals surface area contributed by atoms with E-state index in [4.69, 9.17) is 0 Å². The highest BCUT2D eigenvalue weighted by Crippen LogP contribution is 1.88. The van der Waals surface area contributed by atoms with Gasteiger partial charge in [-0.05, 0) is 6.54 Å². The third-order valence-corrected chi connectivity index (χ3v) is 2.52. The van der Waals surface area contributed by atoms with Gasteiger partial charge >= 0.3 is 0 Å². The van der Waals surface area contributed by atoms with E-state index in [1.807, 2.05) is 6.92 Å². The monoisotopic (exact) mass is 222 g/mol. The Morgan fingerprint density at radius 2 is 1.93 bits per heavy atom. The summed E-state index contributed by atoms with van der Waals surface area (Å²) in [4.78, 5) is 11.0. The van der Waals surface area contributed by atoms with Gasteiger partial charge in [0.15, 0.2) is 0 Å². The van der Waals surface area contributed by atoms with Crippen LogP contribution in [0.2, 0.25) is 0 Å². The van der Waals surface area contributed by atoms with Crippen LogP contribution in [0.3, 0.4) is 0 Å². The number of amides is 1. The number of likely N-dealkylation sites (N-methyl/N-ethyl adjacent to an activating group) is 1. The molecule has 0 unspecified atom stereocenters. The van der Waals surface area contributed by atoms with E-state index in [9.17, 15) is 13.2 Å². The molecule has 0 aromatic rings. The Morgan fingerprint density at radius 1 is 1.29 bits per heavy atom. The van der Waals surface area contributed by atoms with Crippen LogP contribution >= 0.6 is 0 Å². The molecule has 1 amide bonds. The van der Waals surface area contributed by atoms with Crippen molar-refractivity contribution in [3.05, 3.63) is 0 Å². The minimum Gasteiger partial charge on any atom is -0.355 e.